The van der Waals surface area contributed by atoms with Gasteiger partial charge in [-0.25, -0.2) is 4.39 Å². The monoisotopic (exact) mass is 252 g/mol. The molecule has 3 rings (SSSR count). The molecule has 0 bridgehead atoms. The predicted molar refractivity (Wildman–Crippen MR) is 73.2 cm³/mol. The van der Waals surface area contributed by atoms with Gasteiger partial charge in [-0.3, -0.25) is 4.79 Å². The molecule has 0 heterocycles. The maximum Gasteiger partial charge on any atom is 0.146 e. The summed E-state index contributed by atoms with van der Waals surface area (Å²) in [6.45, 7) is 0. The third-order valence-corrected chi connectivity index (χ3v) is 3.62. The third-order valence-electron chi connectivity index (χ3n) is 3.62. The van der Waals surface area contributed by atoms with Gasteiger partial charge in [0.05, 0.1) is 0 Å². The van der Waals surface area contributed by atoms with Gasteiger partial charge >= 0.3 is 0 Å². The van der Waals surface area contributed by atoms with Gasteiger partial charge in [0.2, 0.25) is 0 Å². The quantitative estimate of drug-likeness (QED) is 0.755. The number of aldehydes is 1. The van der Waals surface area contributed by atoms with Crippen LogP contribution < -0.4 is 0 Å². The zero-order valence-electron chi connectivity index (χ0n) is 10.3. The molecular weight excluding hydrogens is 239 g/mol. The summed E-state index contributed by atoms with van der Waals surface area (Å²) in [6.07, 6.45) is 1.67. The lowest BCUT2D eigenvalue weighted by Crippen LogP contribution is -2.16. The van der Waals surface area contributed by atoms with Crippen LogP contribution in [0, 0.1) is 5.82 Å². The minimum atomic E-state index is -0.232. The average Bonchev–Trinajstić information content (AvgIpc) is 2.41. The lowest BCUT2D eigenvalue weighted by molar-refractivity contribution is -0.105. The molecule has 1 atom stereocenters. The highest BCUT2D eigenvalue weighted by Gasteiger charge is 2.31. The molecular formula is C17H13FO. The smallest absolute Gasteiger partial charge is 0.146 e. The average molecular weight is 252 g/mol. The van der Waals surface area contributed by atoms with Crippen LogP contribution in [0.25, 0.3) is 5.57 Å². The van der Waals surface area contributed by atoms with Crippen molar-refractivity contribution in [2.45, 2.75) is 12.3 Å². The number of benzene rings is 2. The van der Waals surface area contributed by atoms with E-state index >= 15 is 0 Å². The Morgan fingerprint density at radius 1 is 1.00 bits per heavy atom. The first-order chi connectivity index (χ1) is 9.29. The molecule has 0 saturated carbocycles. The van der Waals surface area contributed by atoms with E-state index in [9.17, 15) is 9.18 Å². The Kier molecular flexibility index (Phi) is 3.00. The molecule has 1 nitrogen and oxygen atoms in total. The molecule has 0 radical (unpaired) electrons. The van der Waals surface area contributed by atoms with Gasteiger partial charge in [0.1, 0.15) is 12.1 Å². The van der Waals surface area contributed by atoms with Crippen molar-refractivity contribution < 1.29 is 9.18 Å². The Morgan fingerprint density at radius 3 is 2.32 bits per heavy atom. The van der Waals surface area contributed by atoms with E-state index in [1.807, 2.05) is 30.3 Å². The lowest BCUT2D eigenvalue weighted by atomic mass is 9.71. The first-order valence-electron chi connectivity index (χ1n) is 6.28. The maximum absolute atomic E-state index is 13.0. The van der Waals surface area contributed by atoms with Crippen LogP contribution in [0.3, 0.4) is 0 Å². The molecule has 1 unspecified atom stereocenters. The molecule has 94 valence electrons. The lowest BCUT2D eigenvalue weighted by Gasteiger charge is -2.32. The number of halogens is 1. The van der Waals surface area contributed by atoms with Crippen molar-refractivity contribution in [2.24, 2.45) is 0 Å². The summed E-state index contributed by atoms with van der Waals surface area (Å²) in [4.78, 5) is 11.1. The van der Waals surface area contributed by atoms with Gasteiger partial charge in [-0.15, -0.1) is 0 Å². The molecule has 0 fully saturated rings. The van der Waals surface area contributed by atoms with Crippen LogP contribution in [0.15, 0.2) is 60.2 Å². The molecule has 1 aliphatic rings. The molecule has 0 spiro atoms. The van der Waals surface area contributed by atoms with Crippen LogP contribution in [0.2, 0.25) is 0 Å². The number of hydrogen-bond donors (Lipinski definition) is 0. The summed E-state index contributed by atoms with van der Waals surface area (Å²) >= 11 is 0. The molecule has 0 saturated heterocycles. The standard InChI is InChI=1S/C17H13FO/c18-15-8-6-12(7-9-15)16-10-14(11-19)17(16)13-4-2-1-3-5-13/h1-9,11,16H,10H2. The number of allylic oxidation sites excluding steroid dienone is 2. The number of carbonyl (C=O) groups excluding carboxylic acids is 1. The Hall–Kier alpha value is -2.22. The van der Waals surface area contributed by atoms with Gasteiger partial charge in [0.15, 0.2) is 0 Å². The van der Waals surface area contributed by atoms with Gasteiger partial charge in [0, 0.05) is 5.92 Å². The minimum Gasteiger partial charge on any atom is -0.298 e. The molecule has 2 aromatic rings. The van der Waals surface area contributed by atoms with E-state index < -0.39 is 0 Å². The second-order valence-corrected chi connectivity index (χ2v) is 4.73. The first-order valence-corrected chi connectivity index (χ1v) is 6.28. The number of hydrogen-bond acceptors (Lipinski definition) is 1. The van der Waals surface area contributed by atoms with Crippen LogP contribution >= 0.6 is 0 Å². The Bertz CT molecular complexity index is 626. The summed E-state index contributed by atoms with van der Waals surface area (Å²) < 4.78 is 13.0. The van der Waals surface area contributed by atoms with Crippen molar-refractivity contribution in [1.82, 2.24) is 0 Å². The largest absolute Gasteiger partial charge is 0.298 e. The van der Waals surface area contributed by atoms with E-state index in [0.717, 1.165) is 35.0 Å². The first kappa shape index (κ1) is 11.8. The van der Waals surface area contributed by atoms with E-state index in [2.05, 4.69) is 0 Å². The SMILES string of the molecule is O=CC1=C(c2ccccc2)C(c2ccc(F)cc2)C1. The van der Waals surface area contributed by atoms with Gasteiger partial charge in [-0.1, -0.05) is 42.5 Å². The Balaban J connectivity index is 2.00. The summed E-state index contributed by atoms with van der Waals surface area (Å²) in [5.41, 5.74) is 4.05. The Morgan fingerprint density at radius 2 is 1.68 bits per heavy atom. The summed E-state index contributed by atoms with van der Waals surface area (Å²) in [6, 6.07) is 16.4. The third kappa shape index (κ3) is 2.10. The van der Waals surface area contributed by atoms with Crippen molar-refractivity contribution in [3.63, 3.8) is 0 Å². The van der Waals surface area contributed by atoms with Crippen LogP contribution in [0.4, 0.5) is 4.39 Å². The molecule has 0 N–H and O–H groups in total. The van der Waals surface area contributed by atoms with E-state index in [1.165, 1.54) is 12.1 Å². The fraction of sp³-hybridized carbons (Fsp3) is 0.118. The maximum atomic E-state index is 13.0. The van der Waals surface area contributed by atoms with Crippen LogP contribution in [-0.4, -0.2) is 6.29 Å². The Labute approximate surface area is 111 Å². The molecule has 2 heteroatoms. The van der Waals surface area contributed by atoms with E-state index in [1.54, 1.807) is 12.1 Å². The van der Waals surface area contributed by atoms with E-state index in [-0.39, 0.29) is 11.7 Å². The van der Waals surface area contributed by atoms with Gasteiger partial charge in [-0.05, 0) is 40.8 Å². The van der Waals surface area contributed by atoms with E-state index in [0.29, 0.717) is 0 Å². The van der Waals surface area contributed by atoms with Crippen LogP contribution in [0.5, 0.6) is 0 Å². The predicted octanol–water partition coefficient (Wildman–Crippen LogP) is 3.97. The molecule has 0 amide bonds. The molecule has 19 heavy (non-hydrogen) atoms. The highest BCUT2D eigenvalue weighted by atomic mass is 19.1. The van der Waals surface area contributed by atoms with Gasteiger partial charge < -0.3 is 0 Å². The van der Waals surface area contributed by atoms with Gasteiger partial charge in [0.25, 0.3) is 0 Å². The highest BCUT2D eigenvalue weighted by Crippen LogP contribution is 2.47. The minimum absolute atomic E-state index is 0.197. The fourth-order valence-electron chi connectivity index (χ4n) is 2.62. The number of carbonyl (C=O) groups is 1. The fourth-order valence-corrected chi connectivity index (χ4v) is 2.62. The molecule has 0 aliphatic heterocycles. The second kappa shape index (κ2) is 4.81. The highest BCUT2D eigenvalue weighted by molar-refractivity contribution is 5.95. The van der Waals surface area contributed by atoms with Crippen molar-refractivity contribution in [2.75, 3.05) is 0 Å². The van der Waals surface area contributed by atoms with Crippen molar-refractivity contribution in [3.05, 3.63) is 77.1 Å². The zero-order chi connectivity index (χ0) is 13.2. The second-order valence-electron chi connectivity index (χ2n) is 4.73. The molecule has 1 aliphatic carbocycles. The zero-order valence-corrected chi connectivity index (χ0v) is 10.3. The normalized spacial score (nSPS) is 18.1. The summed E-state index contributed by atoms with van der Waals surface area (Å²) in [7, 11) is 0. The van der Waals surface area contributed by atoms with E-state index in [4.69, 9.17) is 0 Å². The van der Waals surface area contributed by atoms with Crippen LogP contribution in [0.1, 0.15) is 23.5 Å². The molecule has 2 aromatic carbocycles. The van der Waals surface area contributed by atoms with Crippen LogP contribution in [-0.2, 0) is 4.79 Å². The van der Waals surface area contributed by atoms with Gasteiger partial charge in [-0.2, -0.15) is 0 Å². The van der Waals surface area contributed by atoms with Crippen molar-refractivity contribution >= 4 is 11.9 Å². The summed E-state index contributed by atoms with van der Waals surface area (Å²) in [5, 5.41) is 0. The van der Waals surface area contributed by atoms with Crippen molar-refractivity contribution in [3.8, 4) is 0 Å². The molecule has 0 aromatic heterocycles. The summed E-state index contributed by atoms with van der Waals surface area (Å²) in [5.74, 6) is -0.0351. The number of rotatable bonds is 3. The van der Waals surface area contributed by atoms with Crippen molar-refractivity contribution in [1.29, 1.82) is 0 Å². The topological polar surface area (TPSA) is 17.1 Å².